The SMILES string of the molecule is CC.Cc1ccc2c3c1O[C@H]1c4nc5ccccc5c(N)c4C[C@@]4(C)[C@@H](C2)N(C)CC[C@]314. The van der Waals surface area contributed by atoms with E-state index in [1.54, 1.807) is 0 Å². The fourth-order valence-corrected chi connectivity index (χ4v) is 7.53. The first kappa shape index (κ1) is 20.0. The van der Waals surface area contributed by atoms with E-state index in [4.69, 9.17) is 15.5 Å². The van der Waals surface area contributed by atoms with Crippen LogP contribution in [0.15, 0.2) is 36.4 Å². The molecule has 1 fully saturated rings. The van der Waals surface area contributed by atoms with E-state index in [0.717, 1.165) is 53.8 Å². The number of fused-ring (bicyclic) bond motifs is 3. The Morgan fingerprint density at radius 3 is 2.75 bits per heavy atom. The minimum atomic E-state index is -0.0514. The maximum atomic E-state index is 6.90. The largest absolute Gasteiger partial charge is 0.483 e. The van der Waals surface area contributed by atoms with E-state index in [2.05, 4.69) is 56.1 Å². The van der Waals surface area contributed by atoms with Gasteiger partial charge in [-0.3, -0.25) is 0 Å². The van der Waals surface area contributed by atoms with Crippen LogP contribution in [0.5, 0.6) is 5.75 Å². The molecular weight excluding hydrogens is 394 g/mol. The average Bonchev–Trinajstić information content (AvgIpc) is 3.16. The summed E-state index contributed by atoms with van der Waals surface area (Å²) in [6.07, 6.45) is 3.11. The number of likely N-dealkylation sites (N-methyl/N-ethyl adjacent to an activating group) is 1. The zero-order valence-corrected chi connectivity index (χ0v) is 19.8. The van der Waals surface area contributed by atoms with Crippen LogP contribution in [-0.4, -0.2) is 29.5 Å². The van der Waals surface area contributed by atoms with Crippen LogP contribution in [0.3, 0.4) is 0 Å². The van der Waals surface area contributed by atoms with Gasteiger partial charge in [-0.2, -0.15) is 0 Å². The molecule has 0 saturated carbocycles. The van der Waals surface area contributed by atoms with Crippen molar-refractivity contribution in [2.24, 2.45) is 5.41 Å². The lowest BCUT2D eigenvalue weighted by Gasteiger charge is -2.64. The number of aromatic nitrogens is 1. The lowest BCUT2D eigenvalue weighted by Crippen LogP contribution is -2.68. The van der Waals surface area contributed by atoms with Crippen LogP contribution in [-0.2, 0) is 18.3 Å². The molecule has 4 nitrogen and oxygen atoms in total. The molecule has 4 atom stereocenters. The van der Waals surface area contributed by atoms with Crippen molar-refractivity contribution >= 4 is 16.6 Å². The quantitative estimate of drug-likeness (QED) is 0.526. The predicted octanol–water partition coefficient (Wildman–Crippen LogP) is 5.35. The molecule has 2 aromatic carbocycles. The van der Waals surface area contributed by atoms with Crippen LogP contribution in [0.1, 0.15) is 61.2 Å². The summed E-state index contributed by atoms with van der Waals surface area (Å²) in [7, 11) is 2.30. The van der Waals surface area contributed by atoms with Crippen LogP contribution in [0.2, 0.25) is 0 Å². The molecule has 7 rings (SSSR count). The third-order valence-corrected chi connectivity index (χ3v) is 8.99. The number of hydrogen-bond acceptors (Lipinski definition) is 4. The van der Waals surface area contributed by atoms with Crippen molar-refractivity contribution in [1.29, 1.82) is 0 Å². The number of para-hydroxylation sites is 1. The van der Waals surface area contributed by atoms with Crippen molar-refractivity contribution in [3.05, 3.63) is 64.3 Å². The molecule has 3 heterocycles. The molecule has 1 saturated heterocycles. The van der Waals surface area contributed by atoms with Crippen molar-refractivity contribution in [2.75, 3.05) is 19.3 Å². The van der Waals surface area contributed by atoms with Gasteiger partial charge in [0.05, 0.1) is 16.6 Å². The molecule has 1 spiro atoms. The summed E-state index contributed by atoms with van der Waals surface area (Å²) >= 11 is 0. The maximum Gasteiger partial charge on any atom is 0.151 e. The van der Waals surface area contributed by atoms with Crippen molar-refractivity contribution in [2.45, 2.75) is 64.5 Å². The summed E-state index contributed by atoms with van der Waals surface area (Å²) in [5.74, 6) is 1.12. The lowest BCUT2D eigenvalue weighted by atomic mass is 9.44. The normalized spacial score (nSPS) is 31.3. The number of likely N-dealkylation sites (tertiary alicyclic amines) is 1. The van der Waals surface area contributed by atoms with E-state index in [-0.39, 0.29) is 16.9 Å². The fraction of sp³-hybridized carbons (Fsp3) is 0.464. The highest BCUT2D eigenvalue weighted by atomic mass is 16.5. The van der Waals surface area contributed by atoms with Gasteiger partial charge in [-0.05, 0) is 57.0 Å². The summed E-state index contributed by atoms with van der Waals surface area (Å²) in [6.45, 7) is 9.79. The van der Waals surface area contributed by atoms with Crippen LogP contribution in [0, 0.1) is 12.3 Å². The van der Waals surface area contributed by atoms with Gasteiger partial charge < -0.3 is 15.4 Å². The molecule has 2 bridgehead atoms. The first-order valence-corrected chi connectivity index (χ1v) is 12.1. The van der Waals surface area contributed by atoms with Crippen molar-refractivity contribution in [1.82, 2.24) is 9.88 Å². The number of aryl methyl sites for hydroxylation is 1. The van der Waals surface area contributed by atoms with Crippen molar-refractivity contribution in [3.63, 3.8) is 0 Å². The molecule has 1 aromatic heterocycles. The van der Waals surface area contributed by atoms with Gasteiger partial charge in [-0.25, -0.2) is 4.98 Å². The minimum Gasteiger partial charge on any atom is -0.483 e. The second-order valence-corrected chi connectivity index (χ2v) is 10.2. The van der Waals surface area contributed by atoms with Crippen LogP contribution < -0.4 is 10.5 Å². The van der Waals surface area contributed by atoms with E-state index in [9.17, 15) is 0 Å². The third-order valence-electron chi connectivity index (χ3n) is 8.99. The Morgan fingerprint density at radius 1 is 1.16 bits per heavy atom. The Labute approximate surface area is 190 Å². The van der Waals surface area contributed by atoms with Gasteiger partial charge in [0.25, 0.3) is 0 Å². The Kier molecular flexibility index (Phi) is 4.06. The second kappa shape index (κ2) is 6.48. The Hall–Kier alpha value is -2.59. The number of nitrogen functional groups attached to an aromatic ring is 1. The lowest BCUT2D eigenvalue weighted by molar-refractivity contribution is -0.0907. The summed E-state index contributed by atoms with van der Waals surface area (Å²) in [5.41, 5.74) is 15.2. The molecule has 0 unspecified atom stereocenters. The molecular formula is C28H33N3O. The predicted molar refractivity (Wildman–Crippen MR) is 130 cm³/mol. The molecule has 4 aliphatic rings. The zero-order valence-electron chi connectivity index (χ0n) is 19.8. The Morgan fingerprint density at radius 2 is 1.94 bits per heavy atom. The van der Waals surface area contributed by atoms with Crippen LogP contribution in [0.4, 0.5) is 5.69 Å². The van der Waals surface area contributed by atoms with Gasteiger partial charge in [-0.15, -0.1) is 0 Å². The number of hydrogen-bond donors (Lipinski definition) is 1. The molecule has 0 amide bonds. The van der Waals surface area contributed by atoms with E-state index in [0.29, 0.717) is 6.04 Å². The van der Waals surface area contributed by atoms with E-state index >= 15 is 0 Å². The highest BCUT2D eigenvalue weighted by Crippen LogP contribution is 2.71. The van der Waals surface area contributed by atoms with Crippen molar-refractivity contribution in [3.8, 4) is 5.75 Å². The summed E-state index contributed by atoms with van der Waals surface area (Å²) in [5, 5.41) is 1.07. The van der Waals surface area contributed by atoms with Crippen LogP contribution in [0.25, 0.3) is 10.9 Å². The van der Waals surface area contributed by atoms with Gasteiger partial charge in [-0.1, -0.05) is 51.1 Å². The van der Waals surface area contributed by atoms with Gasteiger partial charge in [0.15, 0.2) is 6.10 Å². The van der Waals surface area contributed by atoms with Crippen LogP contribution >= 0.6 is 0 Å². The molecule has 4 heteroatoms. The number of benzene rings is 2. The Bertz CT molecular complexity index is 1270. The highest BCUT2D eigenvalue weighted by Gasteiger charge is 2.70. The number of anilines is 1. The molecule has 2 aliphatic carbocycles. The standard InChI is InChI=1S/C26H27N3O.C2H6/c1-14-8-9-15-12-19-25(2)13-17-21(27)16-6-4-5-7-18(16)28-22(17)24-26(25,10-11-29(19)3)20(15)23(14)30-24;1-2/h4-9,19,24H,10-13H2,1-3H3,(H2,27,28);1-2H3/t19-,24+,25+,26+;/m1./s1. The number of pyridine rings is 1. The zero-order chi connectivity index (χ0) is 22.4. The highest BCUT2D eigenvalue weighted by molar-refractivity contribution is 5.92. The van der Waals surface area contributed by atoms with Gasteiger partial charge >= 0.3 is 0 Å². The van der Waals surface area contributed by atoms with Gasteiger partial charge in [0.1, 0.15) is 5.75 Å². The van der Waals surface area contributed by atoms with E-state index in [1.165, 1.54) is 22.3 Å². The molecule has 2 N–H and O–H groups in total. The first-order valence-electron chi connectivity index (χ1n) is 12.1. The number of rotatable bonds is 0. The van der Waals surface area contributed by atoms with E-state index < -0.39 is 0 Å². The minimum absolute atomic E-state index is 0.0198. The molecule has 166 valence electrons. The van der Waals surface area contributed by atoms with Crippen molar-refractivity contribution < 1.29 is 4.74 Å². The average molecular weight is 428 g/mol. The van der Waals surface area contributed by atoms with Gasteiger partial charge in [0.2, 0.25) is 0 Å². The summed E-state index contributed by atoms with van der Waals surface area (Å²) in [4.78, 5) is 7.78. The fourth-order valence-electron chi connectivity index (χ4n) is 7.53. The number of nitrogens with zero attached hydrogens (tertiary/aromatic N) is 2. The summed E-state index contributed by atoms with van der Waals surface area (Å²) < 4.78 is 6.90. The van der Waals surface area contributed by atoms with Gasteiger partial charge in [0, 0.05) is 33.7 Å². The number of piperidine rings is 1. The summed E-state index contributed by atoms with van der Waals surface area (Å²) in [6, 6.07) is 13.4. The third kappa shape index (κ3) is 2.10. The monoisotopic (exact) mass is 427 g/mol. The first-order chi connectivity index (χ1) is 15.5. The molecule has 2 aliphatic heterocycles. The smallest absolute Gasteiger partial charge is 0.151 e. The second-order valence-electron chi connectivity index (χ2n) is 10.2. The molecule has 3 aromatic rings. The number of ether oxygens (including phenoxy) is 1. The maximum absolute atomic E-state index is 6.90. The Balaban J connectivity index is 0.000000953. The van der Waals surface area contributed by atoms with E-state index in [1.807, 2.05) is 19.9 Å². The molecule has 0 radical (unpaired) electrons. The topological polar surface area (TPSA) is 51.4 Å². The molecule has 32 heavy (non-hydrogen) atoms. The number of nitrogens with two attached hydrogens (primary N) is 1.